The molecule has 0 radical (unpaired) electrons. The fraction of sp³-hybridized carbons (Fsp3) is 0.900. The lowest BCUT2D eigenvalue weighted by Crippen LogP contribution is -2.43. The van der Waals surface area contributed by atoms with Crippen molar-refractivity contribution < 1.29 is 4.79 Å². The van der Waals surface area contributed by atoms with Crippen molar-refractivity contribution in [2.45, 2.75) is 25.7 Å². The molecule has 1 atom stereocenters. The van der Waals surface area contributed by atoms with Crippen LogP contribution in [0.25, 0.3) is 0 Å². The normalized spacial score (nSPS) is 29.5. The van der Waals surface area contributed by atoms with E-state index in [0.29, 0.717) is 18.2 Å². The van der Waals surface area contributed by atoms with Gasteiger partial charge in [0.15, 0.2) is 0 Å². The van der Waals surface area contributed by atoms with Crippen LogP contribution in [0.15, 0.2) is 0 Å². The predicted octanol–water partition coefficient (Wildman–Crippen LogP) is 0.594. The fourth-order valence-corrected chi connectivity index (χ4v) is 1.97. The average molecular weight is 182 g/mol. The molecule has 2 aliphatic rings. The minimum Gasteiger partial charge on any atom is -0.342 e. The molecule has 2 rings (SSSR count). The number of carbonyl (C=O) groups excluding carboxylic acids is 1. The summed E-state index contributed by atoms with van der Waals surface area (Å²) in [4.78, 5) is 13.5. The van der Waals surface area contributed by atoms with Gasteiger partial charge >= 0.3 is 0 Å². The highest BCUT2D eigenvalue weighted by Gasteiger charge is 2.30. The Labute approximate surface area is 79.3 Å². The van der Waals surface area contributed by atoms with Crippen LogP contribution in [0.2, 0.25) is 0 Å². The zero-order valence-corrected chi connectivity index (χ0v) is 8.04. The van der Waals surface area contributed by atoms with Crippen molar-refractivity contribution in [1.29, 1.82) is 0 Å². The van der Waals surface area contributed by atoms with Crippen molar-refractivity contribution in [1.82, 2.24) is 4.90 Å². The monoisotopic (exact) mass is 182 g/mol. The molecule has 3 nitrogen and oxygen atoms in total. The van der Waals surface area contributed by atoms with E-state index in [-0.39, 0.29) is 0 Å². The summed E-state index contributed by atoms with van der Waals surface area (Å²) in [7, 11) is 0. The average Bonchev–Trinajstić information content (AvgIpc) is 2.93. The van der Waals surface area contributed by atoms with Gasteiger partial charge in [-0.1, -0.05) is 0 Å². The minimum atomic E-state index is 0.344. The number of likely N-dealkylation sites (tertiary alicyclic amines) is 1. The van der Waals surface area contributed by atoms with Crippen molar-refractivity contribution in [2.75, 3.05) is 19.6 Å². The first kappa shape index (κ1) is 9.00. The molecule has 1 heterocycles. The van der Waals surface area contributed by atoms with Crippen LogP contribution in [-0.4, -0.2) is 30.4 Å². The molecule has 2 fully saturated rings. The largest absolute Gasteiger partial charge is 0.342 e. The standard InChI is InChI=1S/C10H18N2O/c11-5-9-3-4-10(13)12(7-9)6-8-1-2-8/h8-9H,1-7,11H2. The second kappa shape index (κ2) is 3.66. The maximum atomic E-state index is 11.5. The molecule has 74 valence electrons. The summed E-state index contributed by atoms with van der Waals surface area (Å²) in [5.74, 6) is 1.70. The lowest BCUT2D eigenvalue weighted by molar-refractivity contribution is -0.134. The van der Waals surface area contributed by atoms with E-state index in [2.05, 4.69) is 0 Å². The van der Waals surface area contributed by atoms with Gasteiger partial charge < -0.3 is 10.6 Å². The summed E-state index contributed by atoms with van der Waals surface area (Å²) in [5.41, 5.74) is 5.62. The Bertz CT molecular complexity index is 201. The van der Waals surface area contributed by atoms with Crippen LogP contribution in [-0.2, 0) is 4.79 Å². The first-order valence-corrected chi connectivity index (χ1v) is 5.27. The van der Waals surface area contributed by atoms with Gasteiger partial charge in [-0.2, -0.15) is 0 Å². The third kappa shape index (κ3) is 2.21. The Morgan fingerprint density at radius 1 is 1.31 bits per heavy atom. The van der Waals surface area contributed by atoms with E-state index >= 15 is 0 Å². The predicted molar refractivity (Wildman–Crippen MR) is 51.1 cm³/mol. The molecule has 0 aromatic carbocycles. The van der Waals surface area contributed by atoms with E-state index < -0.39 is 0 Å². The first-order valence-electron chi connectivity index (χ1n) is 5.27. The zero-order valence-electron chi connectivity index (χ0n) is 8.04. The number of carbonyl (C=O) groups is 1. The number of hydrogen-bond acceptors (Lipinski definition) is 2. The molecular weight excluding hydrogens is 164 g/mol. The molecule has 0 aromatic heterocycles. The molecule has 1 unspecified atom stereocenters. The van der Waals surface area contributed by atoms with Crippen molar-refractivity contribution >= 4 is 5.91 Å². The molecule has 1 saturated carbocycles. The molecule has 1 amide bonds. The van der Waals surface area contributed by atoms with E-state index in [0.717, 1.165) is 32.0 Å². The first-order chi connectivity index (χ1) is 6.29. The van der Waals surface area contributed by atoms with E-state index in [9.17, 15) is 4.79 Å². The van der Waals surface area contributed by atoms with Crippen LogP contribution in [0.4, 0.5) is 0 Å². The molecule has 0 bridgehead atoms. The number of nitrogens with zero attached hydrogens (tertiary/aromatic N) is 1. The molecule has 2 N–H and O–H groups in total. The van der Waals surface area contributed by atoms with E-state index in [4.69, 9.17) is 5.73 Å². The molecule has 1 saturated heterocycles. The van der Waals surface area contributed by atoms with Gasteiger partial charge in [0, 0.05) is 19.5 Å². The molecule has 1 aliphatic carbocycles. The molecule has 0 aromatic rings. The summed E-state index contributed by atoms with van der Waals surface area (Å²) >= 11 is 0. The van der Waals surface area contributed by atoms with Crippen LogP contribution in [0, 0.1) is 11.8 Å². The van der Waals surface area contributed by atoms with Crippen molar-refractivity contribution in [2.24, 2.45) is 17.6 Å². The second-order valence-electron chi connectivity index (χ2n) is 4.38. The SMILES string of the molecule is NCC1CCC(=O)N(CC2CC2)C1. The van der Waals surface area contributed by atoms with Crippen molar-refractivity contribution in [3.63, 3.8) is 0 Å². The van der Waals surface area contributed by atoms with Gasteiger partial charge in [0.1, 0.15) is 0 Å². The summed E-state index contributed by atoms with van der Waals surface area (Å²) in [6.45, 7) is 2.63. The Morgan fingerprint density at radius 3 is 2.69 bits per heavy atom. The van der Waals surface area contributed by atoms with E-state index in [1.807, 2.05) is 4.90 Å². The number of amides is 1. The van der Waals surface area contributed by atoms with Crippen LogP contribution >= 0.6 is 0 Å². The third-order valence-corrected chi connectivity index (χ3v) is 3.11. The third-order valence-electron chi connectivity index (χ3n) is 3.11. The summed E-state index contributed by atoms with van der Waals surface area (Å²) in [6, 6.07) is 0. The van der Waals surface area contributed by atoms with Crippen LogP contribution in [0.3, 0.4) is 0 Å². The molecule has 3 heteroatoms. The van der Waals surface area contributed by atoms with Crippen molar-refractivity contribution in [3.8, 4) is 0 Å². The maximum Gasteiger partial charge on any atom is 0.222 e. The number of piperidine rings is 1. The Hall–Kier alpha value is -0.570. The smallest absolute Gasteiger partial charge is 0.222 e. The zero-order chi connectivity index (χ0) is 9.26. The summed E-state index contributed by atoms with van der Waals surface area (Å²) < 4.78 is 0. The fourth-order valence-electron chi connectivity index (χ4n) is 1.97. The molecule has 1 aliphatic heterocycles. The topological polar surface area (TPSA) is 46.3 Å². The maximum absolute atomic E-state index is 11.5. The van der Waals surface area contributed by atoms with Crippen LogP contribution in [0.1, 0.15) is 25.7 Å². The van der Waals surface area contributed by atoms with Gasteiger partial charge in [0.05, 0.1) is 0 Å². The molecular formula is C10H18N2O. The highest BCUT2D eigenvalue weighted by molar-refractivity contribution is 5.77. The number of nitrogens with two attached hydrogens (primary N) is 1. The number of rotatable bonds is 3. The Kier molecular flexibility index (Phi) is 2.54. The Morgan fingerprint density at radius 2 is 2.08 bits per heavy atom. The van der Waals surface area contributed by atoms with Gasteiger partial charge in [0.25, 0.3) is 0 Å². The van der Waals surface area contributed by atoms with Gasteiger partial charge in [-0.25, -0.2) is 0 Å². The van der Waals surface area contributed by atoms with Crippen LogP contribution < -0.4 is 5.73 Å². The van der Waals surface area contributed by atoms with E-state index in [1.54, 1.807) is 0 Å². The van der Waals surface area contributed by atoms with E-state index in [1.165, 1.54) is 12.8 Å². The lowest BCUT2D eigenvalue weighted by Gasteiger charge is -2.32. The summed E-state index contributed by atoms with van der Waals surface area (Å²) in [6.07, 6.45) is 4.35. The quantitative estimate of drug-likeness (QED) is 0.694. The van der Waals surface area contributed by atoms with Crippen molar-refractivity contribution in [3.05, 3.63) is 0 Å². The lowest BCUT2D eigenvalue weighted by atomic mass is 9.97. The Balaban J connectivity index is 1.86. The highest BCUT2D eigenvalue weighted by atomic mass is 16.2. The second-order valence-corrected chi connectivity index (χ2v) is 4.38. The minimum absolute atomic E-state index is 0.344. The summed E-state index contributed by atoms with van der Waals surface area (Å²) in [5, 5.41) is 0. The molecule has 13 heavy (non-hydrogen) atoms. The number of hydrogen-bond donors (Lipinski definition) is 1. The van der Waals surface area contributed by atoms with Crippen LogP contribution in [0.5, 0.6) is 0 Å². The highest BCUT2D eigenvalue weighted by Crippen LogP contribution is 2.31. The van der Waals surface area contributed by atoms with Gasteiger partial charge in [-0.3, -0.25) is 4.79 Å². The molecule has 0 spiro atoms. The van der Waals surface area contributed by atoms with Gasteiger partial charge in [-0.15, -0.1) is 0 Å². The van der Waals surface area contributed by atoms with Gasteiger partial charge in [0.2, 0.25) is 5.91 Å². The van der Waals surface area contributed by atoms with Gasteiger partial charge in [-0.05, 0) is 37.6 Å².